The summed E-state index contributed by atoms with van der Waals surface area (Å²) in [6, 6.07) is 8.63. The number of aliphatic hydroxyl groups excluding tert-OH is 1. The molecule has 1 atom stereocenters. The van der Waals surface area contributed by atoms with E-state index in [1.54, 1.807) is 0 Å². The predicted molar refractivity (Wildman–Crippen MR) is 102 cm³/mol. The largest absolute Gasteiger partial charge is 0.391 e. The number of β-amino-alcohol motifs (C(OH)–C–C–N with tert-alkyl or cyclic N) is 1. The lowest BCUT2D eigenvalue weighted by molar-refractivity contribution is 0.198. The molecule has 5 heteroatoms. The van der Waals surface area contributed by atoms with Crippen LogP contribution >= 0.6 is 11.3 Å². The predicted octanol–water partition coefficient (Wildman–Crippen LogP) is 3.73. The minimum absolute atomic E-state index is 0.268. The molecule has 1 aromatic carbocycles. The average molecular weight is 351 g/mol. The molecule has 1 aliphatic heterocycles. The van der Waals surface area contributed by atoms with Gasteiger partial charge in [0.15, 0.2) is 0 Å². The molecule has 3 aromatic rings. The van der Waals surface area contributed by atoms with Crippen LogP contribution in [-0.4, -0.2) is 34.3 Å². The lowest BCUT2D eigenvalue weighted by Crippen LogP contribution is -2.23. The first kappa shape index (κ1) is 15.3. The molecular weight excluding hydrogens is 330 g/mol. The Bertz CT molecular complexity index is 948. The molecular formula is C20H21N3OS. The SMILES string of the molecule is Cc1ccc(-c2nc(N3CC[C@H](O)C3)nc3sc4c(c23)CCC4)cc1. The Kier molecular flexibility index (Phi) is 3.54. The summed E-state index contributed by atoms with van der Waals surface area (Å²) in [5.74, 6) is 0.763. The quantitative estimate of drug-likeness (QED) is 0.764. The Morgan fingerprint density at radius 3 is 2.76 bits per heavy atom. The van der Waals surface area contributed by atoms with E-state index in [9.17, 15) is 5.11 Å². The van der Waals surface area contributed by atoms with E-state index in [-0.39, 0.29) is 6.10 Å². The minimum Gasteiger partial charge on any atom is -0.391 e. The van der Waals surface area contributed by atoms with Gasteiger partial charge in [0.25, 0.3) is 0 Å². The van der Waals surface area contributed by atoms with E-state index < -0.39 is 0 Å². The van der Waals surface area contributed by atoms with Crippen molar-refractivity contribution in [1.29, 1.82) is 0 Å². The summed E-state index contributed by atoms with van der Waals surface area (Å²) in [5.41, 5.74) is 4.93. The van der Waals surface area contributed by atoms with Gasteiger partial charge in [-0.05, 0) is 38.2 Å². The molecule has 4 nitrogen and oxygen atoms in total. The number of fused-ring (bicyclic) bond motifs is 3. The molecule has 3 heterocycles. The highest BCUT2D eigenvalue weighted by atomic mass is 32.1. The van der Waals surface area contributed by atoms with Crippen LogP contribution in [0.5, 0.6) is 0 Å². The lowest BCUT2D eigenvalue weighted by Gasteiger charge is -2.17. The van der Waals surface area contributed by atoms with Crippen molar-refractivity contribution in [2.75, 3.05) is 18.0 Å². The van der Waals surface area contributed by atoms with E-state index >= 15 is 0 Å². The van der Waals surface area contributed by atoms with Crippen molar-refractivity contribution in [2.45, 2.75) is 38.7 Å². The van der Waals surface area contributed by atoms with Crippen molar-refractivity contribution in [1.82, 2.24) is 9.97 Å². The van der Waals surface area contributed by atoms with Gasteiger partial charge in [0.05, 0.1) is 11.8 Å². The number of aromatic nitrogens is 2. The maximum absolute atomic E-state index is 9.89. The second-order valence-electron chi connectivity index (χ2n) is 7.16. The van der Waals surface area contributed by atoms with E-state index in [1.807, 2.05) is 11.3 Å². The Morgan fingerprint density at radius 1 is 1.16 bits per heavy atom. The first-order valence-corrected chi connectivity index (χ1v) is 9.83. The van der Waals surface area contributed by atoms with E-state index in [0.717, 1.165) is 41.4 Å². The van der Waals surface area contributed by atoms with Crippen LogP contribution in [0.2, 0.25) is 0 Å². The molecule has 0 saturated carbocycles. The van der Waals surface area contributed by atoms with Gasteiger partial charge in [0.1, 0.15) is 4.83 Å². The molecule has 25 heavy (non-hydrogen) atoms. The van der Waals surface area contributed by atoms with Crippen LogP contribution in [0.4, 0.5) is 5.95 Å². The molecule has 0 unspecified atom stereocenters. The summed E-state index contributed by atoms with van der Waals surface area (Å²) in [6.07, 6.45) is 4.07. The van der Waals surface area contributed by atoms with Crippen LogP contribution in [0.1, 0.15) is 28.8 Å². The Balaban J connectivity index is 1.73. The topological polar surface area (TPSA) is 49.2 Å². The Labute approximate surface area is 151 Å². The fourth-order valence-corrected chi connectivity index (χ4v) is 5.23. The fourth-order valence-electron chi connectivity index (χ4n) is 3.97. The average Bonchev–Trinajstić information content (AvgIpc) is 3.30. The van der Waals surface area contributed by atoms with Crippen LogP contribution in [0.3, 0.4) is 0 Å². The molecule has 128 valence electrons. The highest BCUT2D eigenvalue weighted by Crippen LogP contribution is 2.41. The zero-order valence-corrected chi connectivity index (χ0v) is 15.1. The molecule has 2 aromatic heterocycles. The van der Waals surface area contributed by atoms with E-state index in [2.05, 4.69) is 36.1 Å². The number of nitrogens with zero attached hydrogens (tertiary/aromatic N) is 3. The first-order valence-electron chi connectivity index (χ1n) is 9.01. The number of benzene rings is 1. The maximum atomic E-state index is 9.89. The van der Waals surface area contributed by atoms with Crippen LogP contribution < -0.4 is 4.90 Å². The zero-order chi connectivity index (χ0) is 17.0. The van der Waals surface area contributed by atoms with E-state index in [1.165, 1.54) is 34.2 Å². The summed E-state index contributed by atoms with van der Waals surface area (Å²) in [5, 5.41) is 11.1. The molecule has 1 aliphatic carbocycles. The van der Waals surface area contributed by atoms with Crippen molar-refractivity contribution < 1.29 is 5.11 Å². The highest BCUT2D eigenvalue weighted by molar-refractivity contribution is 7.19. The molecule has 0 radical (unpaired) electrons. The molecule has 0 bridgehead atoms. The Hall–Kier alpha value is -1.98. The monoisotopic (exact) mass is 351 g/mol. The van der Waals surface area contributed by atoms with Gasteiger partial charge in [-0.2, -0.15) is 0 Å². The number of aliphatic hydroxyl groups is 1. The van der Waals surface area contributed by atoms with Gasteiger partial charge in [-0.15, -0.1) is 11.3 Å². The van der Waals surface area contributed by atoms with Crippen molar-refractivity contribution in [3.05, 3.63) is 40.3 Å². The number of anilines is 1. The summed E-state index contributed by atoms with van der Waals surface area (Å²) in [6.45, 7) is 3.56. The van der Waals surface area contributed by atoms with E-state index in [4.69, 9.17) is 9.97 Å². The molecule has 1 saturated heterocycles. The third kappa shape index (κ3) is 2.53. The minimum atomic E-state index is -0.268. The van der Waals surface area contributed by atoms with E-state index in [0.29, 0.717) is 6.54 Å². The maximum Gasteiger partial charge on any atom is 0.227 e. The van der Waals surface area contributed by atoms with Crippen LogP contribution in [0, 0.1) is 6.92 Å². The van der Waals surface area contributed by atoms with Crippen LogP contribution in [0.25, 0.3) is 21.5 Å². The molecule has 0 amide bonds. The molecule has 0 spiro atoms. The second-order valence-corrected chi connectivity index (χ2v) is 8.25. The number of aryl methyl sites for hydroxylation is 3. The normalized spacial score (nSPS) is 19.8. The first-order chi connectivity index (χ1) is 12.2. The van der Waals surface area contributed by atoms with Crippen molar-refractivity contribution >= 4 is 27.5 Å². The summed E-state index contributed by atoms with van der Waals surface area (Å²) >= 11 is 1.83. The fraction of sp³-hybridized carbons (Fsp3) is 0.400. The van der Waals surface area contributed by atoms with Gasteiger partial charge in [-0.1, -0.05) is 29.8 Å². The molecule has 1 fully saturated rings. The van der Waals surface area contributed by atoms with Gasteiger partial charge in [-0.3, -0.25) is 0 Å². The second kappa shape index (κ2) is 5.78. The standard InChI is InChI=1S/C20H21N3OS/c1-12-5-7-13(8-6-12)18-17-15-3-2-4-16(15)25-19(17)22-20(21-18)23-10-9-14(24)11-23/h5-8,14,24H,2-4,9-11H2,1H3/t14-/m0/s1. The third-order valence-electron chi connectivity index (χ3n) is 5.32. The number of hydrogen-bond donors (Lipinski definition) is 1. The number of hydrogen-bond acceptors (Lipinski definition) is 5. The molecule has 2 aliphatic rings. The smallest absolute Gasteiger partial charge is 0.227 e. The van der Waals surface area contributed by atoms with Gasteiger partial charge in [-0.25, -0.2) is 9.97 Å². The lowest BCUT2D eigenvalue weighted by atomic mass is 10.0. The van der Waals surface area contributed by atoms with Crippen molar-refractivity contribution in [3.63, 3.8) is 0 Å². The third-order valence-corrected chi connectivity index (χ3v) is 6.51. The number of rotatable bonds is 2. The van der Waals surface area contributed by atoms with Gasteiger partial charge < -0.3 is 10.0 Å². The highest BCUT2D eigenvalue weighted by Gasteiger charge is 2.27. The summed E-state index contributed by atoms with van der Waals surface area (Å²) in [4.78, 5) is 14.6. The van der Waals surface area contributed by atoms with Crippen LogP contribution in [-0.2, 0) is 12.8 Å². The summed E-state index contributed by atoms with van der Waals surface area (Å²) < 4.78 is 0. The van der Waals surface area contributed by atoms with Gasteiger partial charge in [0.2, 0.25) is 5.95 Å². The van der Waals surface area contributed by atoms with Crippen molar-refractivity contribution in [3.8, 4) is 11.3 Å². The molecule has 1 N–H and O–H groups in total. The molecule has 5 rings (SSSR count). The summed E-state index contributed by atoms with van der Waals surface area (Å²) in [7, 11) is 0. The zero-order valence-electron chi connectivity index (χ0n) is 14.3. The van der Waals surface area contributed by atoms with Gasteiger partial charge >= 0.3 is 0 Å². The van der Waals surface area contributed by atoms with Crippen molar-refractivity contribution in [2.24, 2.45) is 0 Å². The number of thiophene rings is 1. The van der Waals surface area contributed by atoms with Crippen LogP contribution in [0.15, 0.2) is 24.3 Å². The Morgan fingerprint density at radius 2 is 2.00 bits per heavy atom. The van der Waals surface area contributed by atoms with Gasteiger partial charge in [0, 0.05) is 28.9 Å².